The third-order valence-corrected chi connectivity index (χ3v) is 3.98. The highest BCUT2D eigenvalue weighted by molar-refractivity contribution is 5.80. The lowest BCUT2D eigenvalue weighted by Crippen LogP contribution is -2.45. The van der Waals surface area contributed by atoms with Gasteiger partial charge in [0.2, 0.25) is 0 Å². The van der Waals surface area contributed by atoms with Crippen LogP contribution < -0.4 is 5.32 Å². The normalized spacial score (nSPS) is 25.5. The van der Waals surface area contributed by atoms with Gasteiger partial charge in [0.1, 0.15) is 0 Å². The van der Waals surface area contributed by atoms with Gasteiger partial charge in [-0.25, -0.2) is 4.79 Å². The van der Waals surface area contributed by atoms with Crippen LogP contribution in [0.3, 0.4) is 0 Å². The van der Waals surface area contributed by atoms with Crippen molar-refractivity contribution >= 4 is 12.0 Å². The van der Waals surface area contributed by atoms with Gasteiger partial charge in [0, 0.05) is 26.2 Å². The van der Waals surface area contributed by atoms with E-state index in [-0.39, 0.29) is 18.7 Å². The van der Waals surface area contributed by atoms with Gasteiger partial charge in [-0.15, -0.1) is 0 Å². The van der Waals surface area contributed by atoms with Crippen LogP contribution in [0.2, 0.25) is 0 Å². The SMILES string of the molecule is CCC1CN(C(=O)NCC2(C(=O)O)CC2)CCCO1. The molecule has 6 heteroatoms. The van der Waals surface area contributed by atoms with Crippen LogP contribution in [0.4, 0.5) is 4.79 Å². The quantitative estimate of drug-likeness (QED) is 0.800. The Kier molecular flexibility index (Phi) is 4.29. The molecular weight excluding hydrogens is 248 g/mol. The zero-order valence-electron chi connectivity index (χ0n) is 11.4. The van der Waals surface area contributed by atoms with Crippen LogP contribution in [0.25, 0.3) is 0 Å². The average molecular weight is 270 g/mol. The number of rotatable bonds is 4. The Bertz CT molecular complexity index is 355. The number of hydrogen-bond acceptors (Lipinski definition) is 3. The van der Waals surface area contributed by atoms with E-state index in [0.29, 0.717) is 32.5 Å². The van der Waals surface area contributed by atoms with Crippen LogP contribution >= 0.6 is 0 Å². The predicted octanol–water partition coefficient (Wildman–Crippen LogP) is 1.06. The molecule has 1 saturated heterocycles. The van der Waals surface area contributed by atoms with Crippen molar-refractivity contribution in [3.05, 3.63) is 0 Å². The molecule has 0 aromatic carbocycles. The van der Waals surface area contributed by atoms with E-state index in [9.17, 15) is 9.59 Å². The monoisotopic (exact) mass is 270 g/mol. The summed E-state index contributed by atoms with van der Waals surface area (Å²) >= 11 is 0. The molecule has 1 unspecified atom stereocenters. The Morgan fingerprint density at radius 2 is 2.21 bits per heavy atom. The number of ether oxygens (including phenoxy) is 1. The van der Waals surface area contributed by atoms with Crippen molar-refractivity contribution in [3.63, 3.8) is 0 Å². The number of carboxylic acid groups (broad SMARTS) is 1. The van der Waals surface area contributed by atoms with Crippen LogP contribution in [-0.2, 0) is 9.53 Å². The van der Waals surface area contributed by atoms with Crippen LogP contribution in [-0.4, -0.2) is 54.4 Å². The summed E-state index contributed by atoms with van der Waals surface area (Å²) in [6.45, 7) is 4.21. The van der Waals surface area contributed by atoms with Gasteiger partial charge in [-0.1, -0.05) is 6.92 Å². The van der Waals surface area contributed by atoms with Gasteiger partial charge < -0.3 is 20.1 Å². The first-order valence-corrected chi connectivity index (χ1v) is 6.95. The zero-order valence-corrected chi connectivity index (χ0v) is 11.4. The molecule has 1 aliphatic heterocycles. The standard InChI is InChI=1S/C13H22N2O4/c1-2-10-8-15(6-3-7-19-10)12(18)14-9-13(4-5-13)11(16)17/h10H,2-9H2,1H3,(H,14,18)(H,16,17). The highest BCUT2D eigenvalue weighted by Gasteiger charge is 2.50. The van der Waals surface area contributed by atoms with Gasteiger partial charge in [-0.2, -0.15) is 0 Å². The molecule has 2 fully saturated rings. The Balaban J connectivity index is 1.83. The van der Waals surface area contributed by atoms with Crippen LogP contribution in [0, 0.1) is 5.41 Å². The number of nitrogens with one attached hydrogen (secondary N) is 1. The smallest absolute Gasteiger partial charge is 0.317 e. The molecule has 0 spiro atoms. The second-order valence-corrected chi connectivity index (χ2v) is 5.44. The Morgan fingerprint density at radius 3 is 2.79 bits per heavy atom. The van der Waals surface area contributed by atoms with E-state index in [0.717, 1.165) is 12.8 Å². The van der Waals surface area contributed by atoms with E-state index < -0.39 is 11.4 Å². The van der Waals surface area contributed by atoms with E-state index in [1.807, 2.05) is 6.92 Å². The Morgan fingerprint density at radius 1 is 1.47 bits per heavy atom. The number of carboxylic acids is 1. The maximum absolute atomic E-state index is 12.1. The summed E-state index contributed by atoms with van der Waals surface area (Å²) in [6, 6.07) is -0.170. The summed E-state index contributed by atoms with van der Waals surface area (Å²) in [5.41, 5.74) is -0.706. The van der Waals surface area contributed by atoms with Crippen molar-refractivity contribution in [2.45, 2.75) is 38.7 Å². The number of amides is 2. The molecule has 2 amide bonds. The summed E-state index contributed by atoms with van der Waals surface area (Å²) in [5, 5.41) is 11.8. The highest BCUT2D eigenvalue weighted by atomic mass is 16.5. The number of aliphatic carboxylic acids is 1. The minimum atomic E-state index is -0.807. The van der Waals surface area contributed by atoms with Crippen molar-refractivity contribution in [2.75, 3.05) is 26.2 Å². The average Bonchev–Trinajstić information content (AvgIpc) is 3.20. The van der Waals surface area contributed by atoms with Crippen molar-refractivity contribution in [1.29, 1.82) is 0 Å². The van der Waals surface area contributed by atoms with Crippen molar-refractivity contribution in [2.24, 2.45) is 5.41 Å². The molecule has 0 aromatic heterocycles. The summed E-state index contributed by atoms with van der Waals surface area (Å²) in [6.07, 6.45) is 3.10. The highest BCUT2D eigenvalue weighted by Crippen LogP contribution is 2.45. The lowest BCUT2D eigenvalue weighted by Gasteiger charge is -2.24. The third kappa shape index (κ3) is 3.37. The second-order valence-electron chi connectivity index (χ2n) is 5.44. The van der Waals surface area contributed by atoms with Crippen LogP contribution in [0.15, 0.2) is 0 Å². The van der Waals surface area contributed by atoms with Crippen LogP contribution in [0.5, 0.6) is 0 Å². The molecule has 1 saturated carbocycles. The summed E-state index contributed by atoms with van der Waals surface area (Å²) in [4.78, 5) is 24.9. The molecule has 108 valence electrons. The molecule has 2 aliphatic rings. The third-order valence-electron chi connectivity index (χ3n) is 3.98. The fraction of sp³-hybridized carbons (Fsp3) is 0.846. The van der Waals surface area contributed by atoms with E-state index in [4.69, 9.17) is 9.84 Å². The van der Waals surface area contributed by atoms with Gasteiger partial charge in [0.15, 0.2) is 0 Å². The van der Waals surface area contributed by atoms with Gasteiger partial charge in [-0.3, -0.25) is 4.79 Å². The number of carbonyl (C=O) groups is 2. The number of urea groups is 1. The fourth-order valence-electron chi connectivity index (χ4n) is 2.30. The molecule has 1 aliphatic carbocycles. The lowest BCUT2D eigenvalue weighted by atomic mass is 10.1. The van der Waals surface area contributed by atoms with E-state index >= 15 is 0 Å². The second kappa shape index (κ2) is 5.77. The summed E-state index contributed by atoms with van der Waals surface area (Å²) in [7, 11) is 0. The lowest BCUT2D eigenvalue weighted by molar-refractivity contribution is -0.143. The maximum atomic E-state index is 12.1. The van der Waals surface area contributed by atoms with Gasteiger partial charge in [-0.05, 0) is 25.7 Å². The van der Waals surface area contributed by atoms with Crippen LogP contribution in [0.1, 0.15) is 32.6 Å². The van der Waals surface area contributed by atoms with Gasteiger partial charge >= 0.3 is 12.0 Å². The number of nitrogens with zero attached hydrogens (tertiary/aromatic N) is 1. The van der Waals surface area contributed by atoms with Gasteiger partial charge in [0.05, 0.1) is 11.5 Å². The predicted molar refractivity (Wildman–Crippen MR) is 68.9 cm³/mol. The topological polar surface area (TPSA) is 78.9 Å². The molecule has 2 N–H and O–H groups in total. The number of carbonyl (C=O) groups excluding carboxylic acids is 1. The van der Waals surface area contributed by atoms with Crippen molar-refractivity contribution in [3.8, 4) is 0 Å². The first-order chi connectivity index (χ1) is 9.07. The zero-order chi connectivity index (χ0) is 13.9. The maximum Gasteiger partial charge on any atom is 0.317 e. The van der Waals surface area contributed by atoms with E-state index in [1.54, 1.807) is 4.90 Å². The Hall–Kier alpha value is -1.30. The first kappa shape index (κ1) is 14.1. The first-order valence-electron chi connectivity index (χ1n) is 6.95. The molecule has 6 nitrogen and oxygen atoms in total. The van der Waals surface area contributed by atoms with Crippen molar-refractivity contribution in [1.82, 2.24) is 10.2 Å². The molecule has 0 bridgehead atoms. The molecule has 1 heterocycles. The Labute approximate surface area is 113 Å². The molecule has 0 aromatic rings. The summed E-state index contributed by atoms with van der Waals surface area (Å²) in [5.74, 6) is -0.807. The van der Waals surface area contributed by atoms with Gasteiger partial charge in [0.25, 0.3) is 0 Å². The number of hydrogen-bond donors (Lipinski definition) is 2. The molecular formula is C13H22N2O4. The molecule has 0 radical (unpaired) electrons. The van der Waals surface area contributed by atoms with E-state index in [1.165, 1.54) is 0 Å². The largest absolute Gasteiger partial charge is 0.481 e. The molecule has 2 rings (SSSR count). The minimum absolute atomic E-state index is 0.0857. The molecule has 19 heavy (non-hydrogen) atoms. The van der Waals surface area contributed by atoms with Crippen molar-refractivity contribution < 1.29 is 19.4 Å². The summed E-state index contributed by atoms with van der Waals surface area (Å²) < 4.78 is 5.61. The molecule has 1 atom stereocenters. The minimum Gasteiger partial charge on any atom is -0.481 e. The van der Waals surface area contributed by atoms with E-state index in [2.05, 4.69) is 5.32 Å². The fourth-order valence-corrected chi connectivity index (χ4v) is 2.30.